The number of ether oxygens (including phenoxy) is 6. The Labute approximate surface area is 242 Å². The minimum absolute atomic E-state index is 0.315. The first kappa shape index (κ1) is 30.8. The summed E-state index contributed by atoms with van der Waals surface area (Å²) in [5, 5.41) is 31.5. The van der Waals surface area contributed by atoms with Crippen LogP contribution in [0.15, 0.2) is 24.3 Å². The zero-order chi connectivity index (χ0) is 31.7. The summed E-state index contributed by atoms with van der Waals surface area (Å²) in [4.78, 5) is 74.0. The van der Waals surface area contributed by atoms with Crippen LogP contribution in [-0.4, -0.2) is 88.1 Å². The smallest absolute Gasteiger partial charge is 0.303 e. The molecule has 0 amide bonds. The first-order valence-corrected chi connectivity index (χ1v) is 12.7. The number of hydrogen-bond donors (Lipinski definition) is 3. The molecule has 0 unspecified atom stereocenters. The fourth-order valence-electron chi connectivity index (χ4n) is 4.79. The number of aromatic hydroxyl groups is 3. The number of carbonyl (C=O) groups is 6. The summed E-state index contributed by atoms with van der Waals surface area (Å²) in [7, 11) is 0. The average molecular weight is 603 g/mol. The molecule has 5 atom stereocenters. The van der Waals surface area contributed by atoms with Crippen LogP contribution in [0.2, 0.25) is 0 Å². The summed E-state index contributed by atoms with van der Waals surface area (Å²) in [6.07, 6.45) is -7.78. The Morgan fingerprint density at radius 3 is 1.79 bits per heavy atom. The van der Waals surface area contributed by atoms with Crippen molar-refractivity contribution < 1.29 is 72.5 Å². The summed E-state index contributed by atoms with van der Waals surface area (Å²) in [6.45, 7) is 3.66. The number of benzene rings is 2. The molecule has 1 aliphatic heterocycles. The van der Waals surface area contributed by atoms with Gasteiger partial charge in [0, 0.05) is 33.3 Å². The molecule has 0 spiro atoms. The molecule has 228 valence electrons. The zero-order valence-electron chi connectivity index (χ0n) is 23.1. The molecule has 0 aromatic heterocycles. The van der Waals surface area contributed by atoms with Crippen molar-refractivity contribution in [1.29, 1.82) is 0 Å². The van der Waals surface area contributed by atoms with Crippen molar-refractivity contribution >= 4 is 35.4 Å². The first-order chi connectivity index (χ1) is 20.2. The Morgan fingerprint density at radius 1 is 0.698 bits per heavy atom. The fourth-order valence-corrected chi connectivity index (χ4v) is 4.79. The van der Waals surface area contributed by atoms with E-state index < -0.39 is 112 Å². The van der Waals surface area contributed by atoms with E-state index in [-0.39, 0.29) is 5.56 Å². The lowest BCUT2D eigenvalue weighted by molar-refractivity contribution is -0.288. The van der Waals surface area contributed by atoms with E-state index in [1.165, 1.54) is 0 Å². The number of rotatable bonds is 7. The molecule has 2 aromatic carbocycles. The van der Waals surface area contributed by atoms with Crippen LogP contribution in [0.25, 0.3) is 0 Å². The second-order valence-corrected chi connectivity index (χ2v) is 9.53. The van der Waals surface area contributed by atoms with Gasteiger partial charge in [0.15, 0.2) is 29.5 Å². The highest BCUT2D eigenvalue weighted by atomic mass is 16.7. The lowest BCUT2D eigenvalue weighted by Crippen LogP contribution is -2.63. The van der Waals surface area contributed by atoms with E-state index in [2.05, 4.69) is 0 Å². The average Bonchev–Trinajstić information content (AvgIpc) is 2.91. The van der Waals surface area contributed by atoms with Gasteiger partial charge in [0.2, 0.25) is 18.2 Å². The Balaban J connectivity index is 1.78. The van der Waals surface area contributed by atoms with E-state index >= 15 is 0 Å². The van der Waals surface area contributed by atoms with Gasteiger partial charge in [-0.1, -0.05) is 0 Å². The summed E-state index contributed by atoms with van der Waals surface area (Å²) in [5.41, 5.74) is -1.88. The third kappa shape index (κ3) is 6.06. The van der Waals surface area contributed by atoms with Gasteiger partial charge >= 0.3 is 23.9 Å². The molecule has 3 N–H and O–H groups in total. The van der Waals surface area contributed by atoms with Crippen LogP contribution in [0.5, 0.6) is 23.0 Å². The molecular formula is C28H26O15. The minimum atomic E-state index is -1.75. The number of carbonyl (C=O) groups excluding carboxylic acids is 6. The van der Waals surface area contributed by atoms with Gasteiger partial charge in [-0.05, 0) is 24.3 Å². The molecule has 1 saturated heterocycles. The molecule has 1 aliphatic carbocycles. The Bertz CT molecular complexity index is 1530. The van der Waals surface area contributed by atoms with Crippen molar-refractivity contribution in [3.05, 3.63) is 46.5 Å². The van der Waals surface area contributed by atoms with Gasteiger partial charge in [-0.2, -0.15) is 0 Å². The van der Waals surface area contributed by atoms with Crippen molar-refractivity contribution in [2.24, 2.45) is 0 Å². The number of phenolic OH excluding ortho intramolecular Hbond substituents is 3. The topological polar surface area (TPSA) is 218 Å². The Morgan fingerprint density at radius 2 is 1.23 bits per heavy atom. The predicted octanol–water partition coefficient (Wildman–Crippen LogP) is 1.04. The molecule has 0 bridgehead atoms. The van der Waals surface area contributed by atoms with Gasteiger partial charge in [0.25, 0.3) is 0 Å². The van der Waals surface area contributed by atoms with E-state index in [1.807, 2.05) is 0 Å². The molecule has 4 rings (SSSR count). The predicted molar refractivity (Wildman–Crippen MR) is 137 cm³/mol. The third-order valence-electron chi connectivity index (χ3n) is 6.42. The van der Waals surface area contributed by atoms with E-state index in [0.717, 1.165) is 52.0 Å². The molecule has 15 nitrogen and oxygen atoms in total. The molecule has 1 fully saturated rings. The zero-order valence-corrected chi connectivity index (χ0v) is 23.1. The van der Waals surface area contributed by atoms with Crippen LogP contribution >= 0.6 is 0 Å². The second-order valence-electron chi connectivity index (χ2n) is 9.53. The van der Waals surface area contributed by atoms with Crippen molar-refractivity contribution in [1.82, 2.24) is 0 Å². The van der Waals surface area contributed by atoms with Gasteiger partial charge in [0.1, 0.15) is 24.2 Å². The normalized spacial score (nSPS) is 22.5. The second kappa shape index (κ2) is 12.0. The summed E-state index contributed by atoms with van der Waals surface area (Å²) in [5.74, 6) is -7.79. The molecule has 43 heavy (non-hydrogen) atoms. The number of ketones is 2. The number of phenols is 3. The van der Waals surface area contributed by atoms with Gasteiger partial charge in [-0.25, -0.2) is 0 Å². The van der Waals surface area contributed by atoms with Crippen molar-refractivity contribution in [3.63, 3.8) is 0 Å². The van der Waals surface area contributed by atoms with E-state index in [0.29, 0.717) is 0 Å². The van der Waals surface area contributed by atoms with Gasteiger partial charge in [-0.3, -0.25) is 28.8 Å². The summed E-state index contributed by atoms with van der Waals surface area (Å²) >= 11 is 0. The van der Waals surface area contributed by atoms with E-state index in [9.17, 15) is 44.1 Å². The van der Waals surface area contributed by atoms with Crippen LogP contribution in [0.4, 0.5) is 0 Å². The highest BCUT2D eigenvalue weighted by molar-refractivity contribution is 6.31. The number of esters is 4. The molecule has 2 aromatic rings. The molecule has 1 heterocycles. The Kier molecular flexibility index (Phi) is 8.57. The van der Waals surface area contributed by atoms with E-state index in [4.69, 9.17) is 28.4 Å². The van der Waals surface area contributed by atoms with Crippen LogP contribution < -0.4 is 4.74 Å². The maximum absolute atomic E-state index is 13.3. The first-order valence-electron chi connectivity index (χ1n) is 12.7. The largest absolute Gasteiger partial charge is 0.507 e. The lowest BCUT2D eigenvalue weighted by Gasteiger charge is -2.44. The molecule has 15 heteroatoms. The van der Waals surface area contributed by atoms with Gasteiger partial charge < -0.3 is 43.7 Å². The summed E-state index contributed by atoms with van der Waals surface area (Å²) in [6, 6.07) is 4.23. The van der Waals surface area contributed by atoms with Gasteiger partial charge in [-0.15, -0.1) is 0 Å². The van der Waals surface area contributed by atoms with Crippen molar-refractivity contribution in [2.45, 2.75) is 58.4 Å². The number of fused-ring (bicyclic) bond motifs is 2. The fraction of sp³-hybridized carbons (Fsp3) is 0.357. The maximum atomic E-state index is 13.3. The van der Waals surface area contributed by atoms with Gasteiger partial charge in [0.05, 0.1) is 16.7 Å². The summed E-state index contributed by atoms with van der Waals surface area (Å²) < 4.78 is 32.6. The van der Waals surface area contributed by atoms with Crippen LogP contribution in [0.1, 0.15) is 59.5 Å². The lowest BCUT2D eigenvalue weighted by atomic mass is 9.82. The maximum Gasteiger partial charge on any atom is 0.303 e. The SMILES string of the molecule is CC(=O)OC[C@H]1O[C@@H](Oc2ccc3c(c2O)C(=O)c2c(O)ccc(O)c2C3=O)[C@H](OC(C)=O)[C@@H](OC(C)=O)[C@H]1OC(C)=O. The quantitative estimate of drug-likeness (QED) is 0.195. The Hall–Kier alpha value is -5.18. The standard InChI is InChI=1S/C28H26O15/c1-10(29)38-9-18-25(39-11(2)30)26(40-12(3)31)27(41-13(4)32)28(43-18)42-17-8-5-14-19(23(17)36)24(37)21-16(34)7-6-15(33)20(21)22(14)35/h5-8,18,25-28,33-34,36H,9H2,1-4H3/t18-,25+,26+,27-,28-/m1/s1. The molecule has 2 aliphatic rings. The van der Waals surface area contributed by atoms with Crippen LogP contribution in [-0.2, 0) is 42.9 Å². The monoisotopic (exact) mass is 602 g/mol. The third-order valence-corrected chi connectivity index (χ3v) is 6.42. The molecular weight excluding hydrogens is 576 g/mol. The molecule has 0 radical (unpaired) electrons. The van der Waals surface area contributed by atoms with Crippen molar-refractivity contribution in [2.75, 3.05) is 6.61 Å². The highest BCUT2D eigenvalue weighted by Crippen LogP contribution is 2.44. The van der Waals surface area contributed by atoms with E-state index in [1.54, 1.807) is 0 Å². The molecule has 0 saturated carbocycles. The minimum Gasteiger partial charge on any atom is -0.507 e. The van der Waals surface area contributed by atoms with Crippen LogP contribution in [0, 0.1) is 0 Å². The van der Waals surface area contributed by atoms with Crippen LogP contribution in [0.3, 0.4) is 0 Å². The highest BCUT2D eigenvalue weighted by Gasteiger charge is 2.53. The van der Waals surface area contributed by atoms with Crippen molar-refractivity contribution in [3.8, 4) is 23.0 Å². The number of hydrogen-bond acceptors (Lipinski definition) is 15.